The molecule has 0 aliphatic rings. The van der Waals surface area contributed by atoms with Crippen molar-refractivity contribution in [3.8, 4) is 16.8 Å². The molecule has 0 bridgehead atoms. The molecular weight excluding hydrogens is 290 g/mol. The maximum absolute atomic E-state index is 11.1. The van der Waals surface area contributed by atoms with E-state index in [2.05, 4.69) is 9.94 Å². The van der Waals surface area contributed by atoms with Crippen molar-refractivity contribution in [2.24, 2.45) is 0 Å². The number of rotatable bonds is 3. The molecule has 112 valence electrons. The smallest absolute Gasteiger partial charge is 0.339 e. The lowest BCUT2D eigenvalue weighted by molar-refractivity contribution is 0.0696. The van der Waals surface area contributed by atoms with Crippen LogP contribution >= 0.6 is 0 Å². The third-order valence-corrected chi connectivity index (χ3v) is 3.58. The van der Waals surface area contributed by atoms with Crippen molar-refractivity contribution in [1.29, 1.82) is 0 Å². The maximum Gasteiger partial charge on any atom is 0.339 e. The summed E-state index contributed by atoms with van der Waals surface area (Å²) in [5, 5.41) is 13.3. The van der Waals surface area contributed by atoms with Gasteiger partial charge in [-0.25, -0.2) is 14.3 Å². The second-order valence-corrected chi connectivity index (χ2v) is 5.06. The molecule has 0 fully saturated rings. The van der Waals surface area contributed by atoms with Crippen LogP contribution in [0, 0.1) is 13.5 Å². The topological polar surface area (TPSA) is 59.5 Å². The molecule has 3 aromatic rings. The minimum absolute atomic E-state index is 0.154. The number of aromatic nitrogens is 2. The predicted octanol–water partition coefficient (Wildman–Crippen LogP) is 4.10. The zero-order chi connectivity index (χ0) is 16.4. The van der Waals surface area contributed by atoms with Crippen molar-refractivity contribution in [1.82, 2.24) is 9.78 Å². The number of aromatic carboxylic acids is 1. The molecule has 23 heavy (non-hydrogen) atoms. The van der Waals surface area contributed by atoms with E-state index in [4.69, 9.17) is 11.7 Å². The summed E-state index contributed by atoms with van der Waals surface area (Å²) in [4.78, 5) is 14.7. The zero-order valence-corrected chi connectivity index (χ0v) is 12.4. The molecular formula is C18H13N3O2. The third-order valence-electron chi connectivity index (χ3n) is 3.58. The van der Waals surface area contributed by atoms with E-state index in [1.807, 2.05) is 42.5 Å². The van der Waals surface area contributed by atoms with E-state index >= 15 is 0 Å². The predicted molar refractivity (Wildman–Crippen MR) is 87.0 cm³/mol. The van der Waals surface area contributed by atoms with Gasteiger partial charge in [0.1, 0.15) is 5.56 Å². The second-order valence-electron chi connectivity index (χ2n) is 5.06. The van der Waals surface area contributed by atoms with E-state index in [9.17, 15) is 4.79 Å². The number of carboxylic acid groups (broad SMARTS) is 1. The lowest BCUT2D eigenvalue weighted by Gasteiger charge is -2.07. The molecule has 2 aromatic carbocycles. The van der Waals surface area contributed by atoms with Gasteiger partial charge in [-0.3, -0.25) is 0 Å². The van der Waals surface area contributed by atoms with Gasteiger partial charge in [0.15, 0.2) is 5.69 Å². The number of nitrogens with zero attached hydrogens (tertiary/aromatic N) is 3. The van der Waals surface area contributed by atoms with Gasteiger partial charge in [-0.1, -0.05) is 36.4 Å². The highest BCUT2D eigenvalue weighted by Crippen LogP contribution is 2.32. The SMILES string of the molecule is [C-]#[N+]c1cc(-n2cc(C(=O)O)c(C)n2)ccc1-c1ccccc1. The van der Waals surface area contributed by atoms with Crippen LogP contribution in [-0.4, -0.2) is 20.9 Å². The summed E-state index contributed by atoms with van der Waals surface area (Å²) in [6, 6.07) is 15.1. The van der Waals surface area contributed by atoms with Gasteiger partial charge in [-0.05, 0) is 30.2 Å². The fraction of sp³-hybridized carbons (Fsp3) is 0.0556. The standard InChI is InChI=1S/C18H13N3O2/c1-12-16(18(22)23)11-21(20-12)14-8-9-15(17(10-14)19-2)13-6-4-3-5-7-13/h3-11H,1H3,(H,22,23). The van der Waals surface area contributed by atoms with Crippen LogP contribution < -0.4 is 0 Å². The lowest BCUT2D eigenvalue weighted by atomic mass is 10.0. The van der Waals surface area contributed by atoms with E-state index in [-0.39, 0.29) is 5.56 Å². The minimum atomic E-state index is -1.01. The monoisotopic (exact) mass is 303 g/mol. The Kier molecular flexibility index (Phi) is 3.65. The van der Waals surface area contributed by atoms with E-state index in [1.165, 1.54) is 10.9 Å². The van der Waals surface area contributed by atoms with Gasteiger partial charge in [-0.2, -0.15) is 5.10 Å². The average Bonchev–Trinajstić information content (AvgIpc) is 2.97. The van der Waals surface area contributed by atoms with Crippen molar-refractivity contribution >= 4 is 11.7 Å². The molecule has 0 aliphatic heterocycles. The normalized spacial score (nSPS) is 10.3. The quantitative estimate of drug-likeness (QED) is 0.741. The molecule has 0 saturated carbocycles. The first-order valence-electron chi connectivity index (χ1n) is 6.97. The Morgan fingerprint density at radius 2 is 1.96 bits per heavy atom. The van der Waals surface area contributed by atoms with Gasteiger partial charge in [-0.15, -0.1) is 0 Å². The molecule has 0 radical (unpaired) electrons. The Balaban J connectivity index is 2.08. The van der Waals surface area contributed by atoms with Crippen LogP contribution in [-0.2, 0) is 0 Å². The first-order chi connectivity index (χ1) is 11.1. The molecule has 0 saturated heterocycles. The van der Waals surface area contributed by atoms with E-state index in [0.717, 1.165) is 11.1 Å². The number of hydrogen-bond acceptors (Lipinski definition) is 2. The largest absolute Gasteiger partial charge is 0.478 e. The molecule has 0 spiro atoms. The van der Waals surface area contributed by atoms with Crippen LogP contribution in [0.25, 0.3) is 21.7 Å². The van der Waals surface area contributed by atoms with Gasteiger partial charge in [0.25, 0.3) is 0 Å². The van der Waals surface area contributed by atoms with E-state index in [1.54, 1.807) is 13.0 Å². The summed E-state index contributed by atoms with van der Waals surface area (Å²) < 4.78 is 1.49. The molecule has 5 nitrogen and oxygen atoms in total. The number of carbonyl (C=O) groups is 1. The van der Waals surface area contributed by atoms with E-state index in [0.29, 0.717) is 17.1 Å². The fourth-order valence-electron chi connectivity index (χ4n) is 2.42. The number of hydrogen-bond donors (Lipinski definition) is 1. The van der Waals surface area contributed by atoms with Crippen LogP contribution in [0.1, 0.15) is 16.1 Å². The molecule has 0 aliphatic carbocycles. The molecule has 5 heteroatoms. The Hall–Kier alpha value is -3.39. The highest BCUT2D eigenvalue weighted by Gasteiger charge is 2.14. The Morgan fingerprint density at radius 1 is 1.22 bits per heavy atom. The maximum atomic E-state index is 11.1. The Morgan fingerprint density at radius 3 is 2.57 bits per heavy atom. The van der Waals surface area contributed by atoms with Gasteiger partial charge in [0.05, 0.1) is 18.0 Å². The second kappa shape index (κ2) is 5.78. The molecule has 0 unspecified atom stereocenters. The van der Waals surface area contributed by atoms with Crippen molar-refractivity contribution in [3.05, 3.63) is 77.4 Å². The summed E-state index contributed by atoms with van der Waals surface area (Å²) in [5.74, 6) is -1.01. The van der Waals surface area contributed by atoms with Crippen molar-refractivity contribution in [2.45, 2.75) is 6.92 Å². The minimum Gasteiger partial charge on any atom is -0.478 e. The number of aryl methyl sites for hydroxylation is 1. The summed E-state index contributed by atoms with van der Waals surface area (Å²) in [6.07, 6.45) is 1.46. The first-order valence-corrected chi connectivity index (χ1v) is 6.97. The zero-order valence-electron chi connectivity index (χ0n) is 12.4. The molecule has 1 heterocycles. The van der Waals surface area contributed by atoms with Crippen molar-refractivity contribution in [2.75, 3.05) is 0 Å². The molecule has 0 amide bonds. The van der Waals surface area contributed by atoms with Crippen LogP contribution in [0.15, 0.2) is 54.7 Å². The van der Waals surface area contributed by atoms with Gasteiger partial charge >= 0.3 is 5.97 Å². The van der Waals surface area contributed by atoms with Crippen molar-refractivity contribution < 1.29 is 9.90 Å². The summed E-state index contributed by atoms with van der Waals surface area (Å²) in [7, 11) is 0. The summed E-state index contributed by atoms with van der Waals surface area (Å²) >= 11 is 0. The fourth-order valence-corrected chi connectivity index (χ4v) is 2.42. The van der Waals surface area contributed by atoms with Crippen molar-refractivity contribution in [3.63, 3.8) is 0 Å². The van der Waals surface area contributed by atoms with Gasteiger partial charge < -0.3 is 5.11 Å². The first kappa shape index (κ1) is 14.5. The molecule has 1 N–H and O–H groups in total. The average molecular weight is 303 g/mol. The summed E-state index contributed by atoms with van der Waals surface area (Å²) in [5.41, 5.74) is 3.56. The molecule has 0 atom stereocenters. The van der Waals surface area contributed by atoms with Crippen LogP contribution in [0.5, 0.6) is 0 Å². The van der Waals surface area contributed by atoms with Gasteiger partial charge in [0.2, 0.25) is 0 Å². The number of benzene rings is 2. The molecule has 3 rings (SSSR count). The van der Waals surface area contributed by atoms with Crippen LogP contribution in [0.4, 0.5) is 5.69 Å². The number of carboxylic acids is 1. The lowest BCUT2D eigenvalue weighted by Crippen LogP contribution is -1.96. The molecule has 1 aromatic heterocycles. The Bertz CT molecular complexity index is 921. The summed E-state index contributed by atoms with van der Waals surface area (Å²) in [6.45, 7) is 9.06. The van der Waals surface area contributed by atoms with Crippen LogP contribution in [0.2, 0.25) is 0 Å². The van der Waals surface area contributed by atoms with Crippen LogP contribution in [0.3, 0.4) is 0 Å². The third kappa shape index (κ3) is 2.70. The highest BCUT2D eigenvalue weighted by molar-refractivity contribution is 5.88. The highest BCUT2D eigenvalue weighted by atomic mass is 16.4. The Labute approximate surface area is 133 Å². The van der Waals surface area contributed by atoms with E-state index < -0.39 is 5.97 Å². The van der Waals surface area contributed by atoms with Gasteiger partial charge in [0, 0.05) is 6.20 Å².